The maximum Gasteiger partial charge on any atom is 0.255 e. The van der Waals surface area contributed by atoms with Gasteiger partial charge in [-0.1, -0.05) is 30.3 Å². The molecule has 0 saturated heterocycles. The molecule has 6 heteroatoms. The Balaban J connectivity index is 1.46. The van der Waals surface area contributed by atoms with E-state index < -0.39 is 0 Å². The number of carbonyl (C=O) groups is 3. The summed E-state index contributed by atoms with van der Waals surface area (Å²) in [6, 6.07) is 21.1. The van der Waals surface area contributed by atoms with Crippen LogP contribution in [0.2, 0.25) is 0 Å². The first-order chi connectivity index (χ1) is 15.0. The molecule has 1 aliphatic rings. The van der Waals surface area contributed by atoms with Crippen molar-refractivity contribution in [1.82, 2.24) is 0 Å². The van der Waals surface area contributed by atoms with Crippen molar-refractivity contribution in [3.8, 4) is 0 Å². The number of carbonyl (C=O) groups excluding carboxylic acids is 3. The molecule has 6 nitrogen and oxygen atoms in total. The summed E-state index contributed by atoms with van der Waals surface area (Å²) in [6.45, 7) is 1.87. The van der Waals surface area contributed by atoms with Gasteiger partial charge in [0, 0.05) is 34.1 Å². The minimum absolute atomic E-state index is 0.0146. The van der Waals surface area contributed by atoms with Gasteiger partial charge < -0.3 is 16.0 Å². The smallest absolute Gasteiger partial charge is 0.255 e. The first-order valence-corrected chi connectivity index (χ1v) is 10.2. The van der Waals surface area contributed by atoms with E-state index in [9.17, 15) is 14.4 Å². The quantitative estimate of drug-likeness (QED) is 0.540. The van der Waals surface area contributed by atoms with Gasteiger partial charge in [-0.3, -0.25) is 14.4 Å². The average Bonchev–Trinajstić information content (AvgIpc) is 3.61. The number of hydrogen-bond donors (Lipinski definition) is 3. The molecule has 0 bridgehead atoms. The van der Waals surface area contributed by atoms with Crippen LogP contribution in [0.25, 0.3) is 0 Å². The lowest BCUT2D eigenvalue weighted by Crippen LogP contribution is -2.16. The van der Waals surface area contributed by atoms with Gasteiger partial charge in [0.2, 0.25) is 5.91 Å². The van der Waals surface area contributed by atoms with Gasteiger partial charge in [0.15, 0.2) is 0 Å². The molecule has 3 aromatic rings. The third kappa shape index (κ3) is 5.17. The van der Waals surface area contributed by atoms with E-state index in [1.54, 1.807) is 66.7 Å². The molecule has 1 aliphatic carbocycles. The monoisotopic (exact) mass is 413 g/mol. The van der Waals surface area contributed by atoms with Crippen LogP contribution in [0.15, 0.2) is 72.8 Å². The molecule has 0 aromatic heterocycles. The molecule has 156 valence electrons. The second-order valence-electron chi connectivity index (χ2n) is 7.65. The number of benzene rings is 3. The molecule has 3 N–H and O–H groups in total. The van der Waals surface area contributed by atoms with Crippen molar-refractivity contribution in [2.24, 2.45) is 5.92 Å². The Labute approximate surface area is 180 Å². The van der Waals surface area contributed by atoms with E-state index in [0.29, 0.717) is 28.2 Å². The molecule has 3 amide bonds. The summed E-state index contributed by atoms with van der Waals surface area (Å²) in [6.07, 6.45) is 1.86. The Kier molecular flexibility index (Phi) is 5.80. The molecule has 31 heavy (non-hydrogen) atoms. The summed E-state index contributed by atoms with van der Waals surface area (Å²) in [5.41, 5.74) is 3.62. The van der Waals surface area contributed by atoms with Gasteiger partial charge in [-0.15, -0.1) is 0 Å². The maximum absolute atomic E-state index is 12.8. The molecule has 0 atom stereocenters. The maximum atomic E-state index is 12.8. The van der Waals surface area contributed by atoms with Crippen LogP contribution in [0, 0.1) is 12.8 Å². The fraction of sp³-hybridized carbons (Fsp3) is 0.160. The molecular formula is C25H23N3O3. The molecule has 0 unspecified atom stereocenters. The van der Waals surface area contributed by atoms with Crippen molar-refractivity contribution in [3.63, 3.8) is 0 Å². The van der Waals surface area contributed by atoms with Gasteiger partial charge in [-0.05, 0) is 67.8 Å². The second kappa shape index (κ2) is 8.83. The lowest BCUT2D eigenvalue weighted by Gasteiger charge is -2.12. The number of nitrogens with one attached hydrogen (secondary N) is 3. The Bertz CT molecular complexity index is 1140. The van der Waals surface area contributed by atoms with Crippen LogP contribution in [-0.4, -0.2) is 17.7 Å². The molecule has 1 fully saturated rings. The number of rotatable bonds is 6. The highest BCUT2D eigenvalue weighted by molar-refractivity contribution is 6.08. The minimum Gasteiger partial charge on any atom is -0.326 e. The predicted molar refractivity (Wildman–Crippen MR) is 121 cm³/mol. The van der Waals surface area contributed by atoms with Crippen LogP contribution in [0.4, 0.5) is 17.1 Å². The molecule has 0 radical (unpaired) electrons. The summed E-state index contributed by atoms with van der Waals surface area (Å²) in [7, 11) is 0. The number of hydrogen-bond acceptors (Lipinski definition) is 3. The van der Waals surface area contributed by atoms with Gasteiger partial charge in [-0.25, -0.2) is 0 Å². The molecule has 1 saturated carbocycles. The number of amides is 3. The van der Waals surface area contributed by atoms with Gasteiger partial charge in [-0.2, -0.15) is 0 Å². The van der Waals surface area contributed by atoms with Crippen LogP contribution >= 0.6 is 0 Å². The fourth-order valence-electron chi connectivity index (χ4n) is 3.15. The van der Waals surface area contributed by atoms with Gasteiger partial charge in [0.25, 0.3) is 11.8 Å². The summed E-state index contributed by atoms with van der Waals surface area (Å²) in [5, 5.41) is 8.59. The lowest BCUT2D eigenvalue weighted by atomic mass is 10.1. The van der Waals surface area contributed by atoms with E-state index in [2.05, 4.69) is 16.0 Å². The van der Waals surface area contributed by atoms with Crippen molar-refractivity contribution in [1.29, 1.82) is 0 Å². The Hall–Kier alpha value is -3.93. The highest BCUT2D eigenvalue weighted by Gasteiger charge is 2.29. The average molecular weight is 413 g/mol. The normalized spacial score (nSPS) is 12.7. The standard InChI is InChI=1S/C25H23N3O3/c1-16-10-11-19(14-22(16)28-24(30)17-6-3-2-4-7-17)25(31)27-21-9-5-8-20(15-21)26-23(29)18-12-13-18/h2-11,14-15,18H,12-13H2,1H3,(H,26,29)(H,27,31)(H,28,30). The van der Waals surface area contributed by atoms with E-state index in [1.165, 1.54) is 0 Å². The van der Waals surface area contributed by atoms with Crippen molar-refractivity contribution >= 4 is 34.8 Å². The van der Waals surface area contributed by atoms with Gasteiger partial charge >= 0.3 is 0 Å². The first kappa shape index (κ1) is 20.3. The van der Waals surface area contributed by atoms with E-state index >= 15 is 0 Å². The Morgan fingerprint density at radius 1 is 0.710 bits per heavy atom. The highest BCUT2D eigenvalue weighted by Crippen LogP contribution is 2.30. The SMILES string of the molecule is Cc1ccc(C(=O)Nc2cccc(NC(=O)C3CC3)c2)cc1NC(=O)c1ccccc1. The Morgan fingerprint density at radius 3 is 2.10 bits per heavy atom. The van der Waals surface area contributed by atoms with Crippen molar-refractivity contribution < 1.29 is 14.4 Å². The van der Waals surface area contributed by atoms with Crippen molar-refractivity contribution in [2.45, 2.75) is 19.8 Å². The molecule has 0 spiro atoms. The number of anilines is 3. The van der Waals surface area contributed by atoms with Crippen molar-refractivity contribution in [2.75, 3.05) is 16.0 Å². The van der Waals surface area contributed by atoms with Crippen LogP contribution in [0.5, 0.6) is 0 Å². The largest absolute Gasteiger partial charge is 0.326 e. The Morgan fingerprint density at radius 2 is 1.39 bits per heavy atom. The third-order valence-electron chi connectivity index (χ3n) is 5.12. The van der Waals surface area contributed by atoms with Crippen LogP contribution in [0.1, 0.15) is 39.1 Å². The highest BCUT2D eigenvalue weighted by atomic mass is 16.2. The third-order valence-corrected chi connectivity index (χ3v) is 5.12. The topological polar surface area (TPSA) is 87.3 Å². The van der Waals surface area contributed by atoms with Gasteiger partial charge in [0.05, 0.1) is 0 Å². The molecule has 0 aliphatic heterocycles. The second-order valence-corrected chi connectivity index (χ2v) is 7.65. The summed E-state index contributed by atoms with van der Waals surface area (Å²) >= 11 is 0. The summed E-state index contributed by atoms with van der Waals surface area (Å²) in [5.74, 6) is -0.419. The van der Waals surface area contributed by atoms with E-state index in [1.807, 2.05) is 13.0 Å². The van der Waals surface area contributed by atoms with Crippen LogP contribution < -0.4 is 16.0 Å². The molecular weight excluding hydrogens is 390 g/mol. The zero-order valence-electron chi connectivity index (χ0n) is 17.1. The van der Waals surface area contributed by atoms with E-state index in [0.717, 1.165) is 18.4 Å². The predicted octanol–water partition coefficient (Wildman–Crippen LogP) is 4.85. The van der Waals surface area contributed by atoms with E-state index in [4.69, 9.17) is 0 Å². The zero-order valence-corrected chi connectivity index (χ0v) is 17.1. The van der Waals surface area contributed by atoms with Crippen LogP contribution in [0.3, 0.4) is 0 Å². The summed E-state index contributed by atoms with van der Waals surface area (Å²) in [4.78, 5) is 37.2. The molecule has 0 heterocycles. The fourth-order valence-corrected chi connectivity index (χ4v) is 3.15. The number of aryl methyl sites for hydroxylation is 1. The van der Waals surface area contributed by atoms with E-state index in [-0.39, 0.29) is 23.6 Å². The zero-order chi connectivity index (χ0) is 21.8. The first-order valence-electron chi connectivity index (χ1n) is 10.2. The van der Waals surface area contributed by atoms with Gasteiger partial charge in [0.1, 0.15) is 0 Å². The molecule has 3 aromatic carbocycles. The summed E-state index contributed by atoms with van der Waals surface area (Å²) < 4.78 is 0. The molecule has 4 rings (SSSR count). The minimum atomic E-state index is -0.305. The van der Waals surface area contributed by atoms with Crippen molar-refractivity contribution in [3.05, 3.63) is 89.5 Å². The van der Waals surface area contributed by atoms with Crippen LogP contribution in [-0.2, 0) is 4.79 Å². The lowest BCUT2D eigenvalue weighted by molar-refractivity contribution is -0.117.